The van der Waals surface area contributed by atoms with Gasteiger partial charge >= 0.3 is 5.97 Å². The lowest BCUT2D eigenvalue weighted by Crippen LogP contribution is -2.40. The number of para-hydroxylation sites is 1. The Morgan fingerprint density at radius 1 is 1.18 bits per heavy atom. The molecular weight excluding hydrogens is 436 g/mol. The van der Waals surface area contributed by atoms with Crippen LogP contribution in [-0.2, 0) is 27.2 Å². The van der Waals surface area contributed by atoms with E-state index in [0.717, 1.165) is 55.1 Å². The van der Waals surface area contributed by atoms with Crippen LogP contribution in [0.1, 0.15) is 67.1 Å². The molecule has 178 valence electrons. The number of carbonyl (C=O) groups excluding carboxylic acids is 2. The second-order valence-corrected chi connectivity index (χ2v) is 9.95. The number of thiophene rings is 1. The number of esters is 1. The summed E-state index contributed by atoms with van der Waals surface area (Å²) in [6.45, 7) is 5.43. The van der Waals surface area contributed by atoms with Crippen molar-refractivity contribution in [2.45, 2.75) is 58.4 Å². The van der Waals surface area contributed by atoms with E-state index in [9.17, 15) is 9.59 Å². The number of nitrogens with one attached hydrogen (secondary N) is 1. The lowest BCUT2D eigenvalue weighted by Gasteiger charge is -2.38. The van der Waals surface area contributed by atoms with Crippen LogP contribution in [0.25, 0.3) is 0 Å². The topological polar surface area (TPSA) is 67.9 Å². The zero-order chi connectivity index (χ0) is 23.4. The van der Waals surface area contributed by atoms with Crippen molar-refractivity contribution in [3.63, 3.8) is 0 Å². The van der Waals surface area contributed by atoms with Crippen LogP contribution in [0.4, 0.5) is 5.00 Å². The van der Waals surface area contributed by atoms with E-state index in [1.54, 1.807) is 25.4 Å². The Morgan fingerprint density at radius 2 is 1.91 bits per heavy atom. The van der Waals surface area contributed by atoms with Crippen LogP contribution in [-0.4, -0.2) is 43.6 Å². The molecule has 0 bridgehead atoms. The summed E-state index contributed by atoms with van der Waals surface area (Å²) < 4.78 is 11.1. The molecule has 1 aliphatic heterocycles. The minimum atomic E-state index is -0.0853. The first-order chi connectivity index (χ1) is 16.0. The summed E-state index contributed by atoms with van der Waals surface area (Å²) in [6, 6.07) is 8.14. The van der Waals surface area contributed by atoms with Gasteiger partial charge in [-0.2, -0.15) is 0 Å². The highest BCUT2D eigenvalue weighted by molar-refractivity contribution is 7.16. The summed E-state index contributed by atoms with van der Waals surface area (Å²) in [6.07, 6.45) is 6.00. The van der Waals surface area contributed by atoms with Crippen LogP contribution < -0.4 is 10.1 Å². The minimum Gasteiger partial charge on any atom is -0.496 e. The molecule has 1 fully saturated rings. The first-order valence-corrected chi connectivity index (χ1v) is 12.8. The number of hydrogen-bond acceptors (Lipinski definition) is 6. The molecule has 33 heavy (non-hydrogen) atoms. The molecule has 0 saturated carbocycles. The molecule has 1 N–H and O–H groups in total. The molecule has 2 aliphatic rings. The molecule has 4 rings (SSSR count). The summed E-state index contributed by atoms with van der Waals surface area (Å²) in [5.41, 5.74) is 3.70. The summed E-state index contributed by atoms with van der Waals surface area (Å²) in [4.78, 5) is 28.3. The van der Waals surface area contributed by atoms with Crippen molar-refractivity contribution in [2.75, 3.05) is 32.1 Å². The van der Waals surface area contributed by atoms with Crippen molar-refractivity contribution in [3.05, 3.63) is 45.8 Å². The Labute approximate surface area is 200 Å². The quantitative estimate of drug-likeness (QED) is 0.580. The molecule has 1 aromatic heterocycles. The van der Waals surface area contributed by atoms with Gasteiger partial charge in [0.25, 0.3) is 0 Å². The zero-order valence-electron chi connectivity index (χ0n) is 19.8. The predicted molar refractivity (Wildman–Crippen MR) is 131 cm³/mol. The molecule has 1 aliphatic carbocycles. The third-order valence-corrected chi connectivity index (χ3v) is 7.95. The second-order valence-electron chi connectivity index (χ2n) is 8.84. The number of likely N-dealkylation sites (tertiary alicyclic amines) is 1. The van der Waals surface area contributed by atoms with Gasteiger partial charge in [-0.3, -0.25) is 14.5 Å². The Bertz CT molecular complexity index is 994. The van der Waals surface area contributed by atoms with E-state index in [-0.39, 0.29) is 23.8 Å². The van der Waals surface area contributed by atoms with Gasteiger partial charge in [0.15, 0.2) is 0 Å². The number of ether oxygens (including phenoxy) is 2. The highest BCUT2D eigenvalue weighted by atomic mass is 32.1. The van der Waals surface area contributed by atoms with Crippen molar-refractivity contribution < 1.29 is 19.1 Å². The first kappa shape index (κ1) is 23.8. The van der Waals surface area contributed by atoms with Crippen LogP contribution in [0.5, 0.6) is 5.75 Å². The molecule has 7 heteroatoms. The largest absolute Gasteiger partial charge is 0.496 e. The van der Waals surface area contributed by atoms with Crippen molar-refractivity contribution in [3.8, 4) is 5.75 Å². The van der Waals surface area contributed by atoms with Gasteiger partial charge in [0, 0.05) is 22.9 Å². The monoisotopic (exact) mass is 470 g/mol. The molecule has 1 unspecified atom stereocenters. The fourth-order valence-corrected chi connectivity index (χ4v) is 6.58. The highest BCUT2D eigenvalue weighted by Gasteiger charge is 2.36. The van der Waals surface area contributed by atoms with Gasteiger partial charge in [0.2, 0.25) is 5.91 Å². The number of piperidine rings is 1. The van der Waals surface area contributed by atoms with Gasteiger partial charge in [-0.05, 0) is 70.2 Å². The van der Waals surface area contributed by atoms with E-state index in [0.29, 0.717) is 6.61 Å². The van der Waals surface area contributed by atoms with Gasteiger partial charge in [-0.1, -0.05) is 18.2 Å². The smallest absolute Gasteiger partial charge is 0.309 e. The Morgan fingerprint density at radius 3 is 2.61 bits per heavy atom. The van der Waals surface area contributed by atoms with E-state index in [1.807, 2.05) is 25.1 Å². The first-order valence-electron chi connectivity index (χ1n) is 12.0. The van der Waals surface area contributed by atoms with Crippen molar-refractivity contribution in [1.82, 2.24) is 4.90 Å². The number of fused-ring (bicyclic) bond motifs is 1. The number of methoxy groups -OCH3 is 1. The Hall–Kier alpha value is -2.38. The van der Waals surface area contributed by atoms with Crippen LogP contribution >= 0.6 is 11.3 Å². The van der Waals surface area contributed by atoms with Crippen LogP contribution in [0, 0.1) is 5.92 Å². The Balaban J connectivity index is 1.76. The van der Waals surface area contributed by atoms with Crippen LogP contribution in [0.3, 0.4) is 0 Å². The van der Waals surface area contributed by atoms with Gasteiger partial charge in [0.1, 0.15) is 10.8 Å². The third kappa shape index (κ3) is 5.09. The van der Waals surface area contributed by atoms with Gasteiger partial charge in [-0.15, -0.1) is 11.3 Å². The summed E-state index contributed by atoms with van der Waals surface area (Å²) >= 11 is 1.73. The minimum absolute atomic E-state index is 0.0377. The molecule has 1 aromatic carbocycles. The summed E-state index contributed by atoms with van der Waals surface area (Å²) in [7, 11) is 1.71. The standard InChI is InChI=1S/C26H34N2O4S/c1-4-32-26(30)18-13-15-28(16-14-18)24(19-9-5-7-11-21(19)31-3)23-20-10-6-8-12-22(20)33-25(23)27-17(2)29/h5,7,9,11,18,24H,4,6,8,10,12-16H2,1-3H3,(H,27,29). The van der Waals surface area contributed by atoms with Gasteiger partial charge < -0.3 is 14.8 Å². The molecule has 2 heterocycles. The molecule has 0 radical (unpaired) electrons. The van der Waals surface area contributed by atoms with E-state index in [1.165, 1.54) is 28.8 Å². The molecule has 1 saturated heterocycles. The van der Waals surface area contributed by atoms with Crippen molar-refractivity contribution in [1.29, 1.82) is 0 Å². The number of anilines is 1. The SMILES string of the molecule is CCOC(=O)C1CCN(C(c2ccccc2OC)c2c(NC(C)=O)sc3c2CCCC3)CC1. The maximum absolute atomic E-state index is 12.3. The van der Waals surface area contributed by atoms with E-state index in [2.05, 4.69) is 16.3 Å². The van der Waals surface area contributed by atoms with E-state index < -0.39 is 0 Å². The fraction of sp³-hybridized carbons (Fsp3) is 0.538. The van der Waals surface area contributed by atoms with Crippen molar-refractivity contribution in [2.24, 2.45) is 5.92 Å². The summed E-state index contributed by atoms with van der Waals surface area (Å²) in [5.74, 6) is 0.665. The molecule has 0 spiro atoms. The average Bonchev–Trinajstić information content (AvgIpc) is 3.17. The molecular formula is C26H34N2O4S. The van der Waals surface area contributed by atoms with E-state index in [4.69, 9.17) is 9.47 Å². The number of benzene rings is 1. The molecule has 1 amide bonds. The number of nitrogens with zero attached hydrogens (tertiary/aromatic N) is 1. The van der Waals surface area contributed by atoms with Crippen LogP contribution in [0.15, 0.2) is 24.3 Å². The highest BCUT2D eigenvalue weighted by Crippen LogP contribution is 2.47. The maximum Gasteiger partial charge on any atom is 0.309 e. The number of amides is 1. The maximum atomic E-state index is 12.3. The van der Waals surface area contributed by atoms with Crippen LogP contribution in [0.2, 0.25) is 0 Å². The normalized spacial score (nSPS) is 17.8. The fourth-order valence-electron chi connectivity index (χ4n) is 5.21. The lowest BCUT2D eigenvalue weighted by molar-refractivity contribution is -0.149. The number of aryl methyl sites for hydroxylation is 1. The number of carbonyl (C=O) groups is 2. The number of rotatable bonds is 7. The van der Waals surface area contributed by atoms with Crippen molar-refractivity contribution >= 4 is 28.2 Å². The van der Waals surface area contributed by atoms with Gasteiger partial charge in [-0.25, -0.2) is 0 Å². The average molecular weight is 471 g/mol. The molecule has 1 atom stereocenters. The molecule has 2 aromatic rings. The van der Waals surface area contributed by atoms with E-state index >= 15 is 0 Å². The third-order valence-electron chi connectivity index (χ3n) is 6.72. The van der Waals surface area contributed by atoms with Gasteiger partial charge in [0.05, 0.1) is 25.7 Å². The molecule has 6 nitrogen and oxygen atoms in total. The summed E-state index contributed by atoms with van der Waals surface area (Å²) in [5, 5.41) is 4.10. The lowest BCUT2D eigenvalue weighted by atomic mass is 9.86. The zero-order valence-corrected chi connectivity index (χ0v) is 20.6. The Kier molecular flexibility index (Phi) is 7.71. The predicted octanol–water partition coefficient (Wildman–Crippen LogP) is 4.96. The number of hydrogen-bond donors (Lipinski definition) is 1. The second kappa shape index (κ2) is 10.7.